The number of hydrogen-bond acceptors (Lipinski definition) is 5. The van der Waals surface area contributed by atoms with Crippen LogP contribution in [-0.2, 0) is 20.7 Å². The summed E-state index contributed by atoms with van der Waals surface area (Å²) in [4.78, 5) is 36.5. The molecule has 1 aliphatic rings. The Balaban J connectivity index is 1.71. The van der Waals surface area contributed by atoms with E-state index in [1.165, 1.54) is 0 Å². The molecule has 0 bridgehead atoms. The Morgan fingerprint density at radius 2 is 1.89 bits per heavy atom. The Labute approximate surface area is 163 Å². The predicted octanol–water partition coefficient (Wildman–Crippen LogP) is 3.71. The van der Waals surface area contributed by atoms with Crippen LogP contribution in [-0.4, -0.2) is 30.6 Å². The first-order valence-electron chi connectivity index (χ1n) is 9.31. The summed E-state index contributed by atoms with van der Waals surface area (Å²) < 4.78 is 10.2. The van der Waals surface area contributed by atoms with Crippen molar-refractivity contribution in [2.75, 3.05) is 11.9 Å². The van der Waals surface area contributed by atoms with Gasteiger partial charge in [-0.1, -0.05) is 26.0 Å². The highest BCUT2D eigenvalue weighted by Crippen LogP contribution is 2.26. The Morgan fingerprint density at radius 3 is 2.54 bits per heavy atom. The Bertz CT molecular complexity index is 902. The van der Waals surface area contributed by atoms with Crippen LogP contribution in [0.3, 0.4) is 0 Å². The molecule has 0 radical (unpaired) electrons. The standard InChI is InChI=1S/C22H23NO5/c1-4-27-21(25)14-5-8-17(9-6-14)23-20(24)19-12-16-11-15(13(2)3)7-10-18(16)22(26)28-19/h5-11,13,19H,4,12H2,1-3H3,(H,23,24). The van der Waals surface area contributed by atoms with Crippen molar-refractivity contribution < 1.29 is 23.9 Å². The molecule has 6 heteroatoms. The van der Waals surface area contributed by atoms with Gasteiger partial charge in [0.15, 0.2) is 6.10 Å². The molecule has 1 atom stereocenters. The quantitative estimate of drug-likeness (QED) is 0.799. The molecular formula is C22H23NO5. The van der Waals surface area contributed by atoms with E-state index in [0.717, 1.165) is 11.1 Å². The van der Waals surface area contributed by atoms with Crippen molar-refractivity contribution in [3.05, 3.63) is 64.7 Å². The van der Waals surface area contributed by atoms with E-state index in [4.69, 9.17) is 9.47 Å². The third-order valence-electron chi connectivity index (χ3n) is 4.63. The van der Waals surface area contributed by atoms with Crippen LogP contribution in [0, 0.1) is 0 Å². The number of esters is 2. The molecule has 1 heterocycles. The average Bonchev–Trinajstić information content (AvgIpc) is 2.68. The minimum absolute atomic E-state index is 0.296. The SMILES string of the molecule is CCOC(=O)c1ccc(NC(=O)C2Cc3cc(C(C)C)ccc3C(=O)O2)cc1. The first kappa shape index (κ1) is 19.6. The van der Waals surface area contributed by atoms with Crippen LogP contribution in [0.15, 0.2) is 42.5 Å². The van der Waals surface area contributed by atoms with Crippen molar-refractivity contribution in [2.45, 2.75) is 39.2 Å². The predicted molar refractivity (Wildman–Crippen MR) is 104 cm³/mol. The minimum Gasteiger partial charge on any atom is -0.462 e. The Kier molecular flexibility index (Phi) is 5.78. The van der Waals surface area contributed by atoms with Gasteiger partial charge in [-0.2, -0.15) is 0 Å². The van der Waals surface area contributed by atoms with Gasteiger partial charge in [0.25, 0.3) is 5.91 Å². The molecule has 1 unspecified atom stereocenters. The van der Waals surface area contributed by atoms with Crippen LogP contribution in [0.5, 0.6) is 0 Å². The van der Waals surface area contributed by atoms with E-state index in [9.17, 15) is 14.4 Å². The van der Waals surface area contributed by atoms with Crippen LogP contribution in [0.4, 0.5) is 5.69 Å². The van der Waals surface area contributed by atoms with Crippen LogP contribution in [0.2, 0.25) is 0 Å². The van der Waals surface area contributed by atoms with Crippen LogP contribution in [0.25, 0.3) is 0 Å². The zero-order chi connectivity index (χ0) is 20.3. The number of nitrogens with one attached hydrogen (secondary N) is 1. The van der Waals surface area contributed by atoms with Gasteiger partial charge in [-0.3, -0.25) is 4.79 Å². The second-order valence-corrected chi connectivity index (χ2v) is 6.96. The second-order valence-electron chi connectivity index (χ2n) is 6.96. The van der Waals surface area contributed by atoms with Gasteiger partial charge in [0.2, 0.25) is 0 Å². The van der Waals surface area contributed by atoms with Crippen molar-refractivity contribution in [2.24, 2.45) is 0 Å². The summed E-state index contributed by atoms with van der Waals surface area (Å²) in [5.41, 5.74) is 3.35. The van der Waals surface area contributed by atoms with Crippen molar-refractivity contribution >= 4 is 23.5 Å². The van der Waals surface area contributed by atoms with Crippen molar-refractivity contribution in [3.63, 3.8) is 0 Å². The van der Waals surface area contributed by atoms with Crippen molar-refractivity contribution in [1.82, 2.24) is 0 Å². The number of cyclic esters (lactones) is 1. The number of rotatable bonds is 5. The van der Waals surface area contributed by atoms with Gasteiger partial charge < -0.3 is 14.8 Å². The summed E-state index contributed by atoms with van der Waals surface area (Å²) >= 11 is 0. The van der Waals surface area contributed by atoms with Crippen molar-refractivity contribution in [3.8, 4) is 0 Å². The largest absolute Gasteiger partial charge is 0.462 e. The third kappa shape index (κ3) is 4.22. The molecule has 0 aromatic heterocycles. The van der Waals surface area contributed by atoms with E-state index in [0.29, 0.717) is 35.8 Å². The highest BCUT2D eigenvalue weighted by Gasteiger charge is 2.31. The maximum Gasteiger partial charge on any atom is 0.339 e. The number of hydrogen-bond donors (Lipinski definition) is 1. The van der Waals surface area contributed by atoms with Crippen LogP contribution >= 0.6 is 0 Å². The summed E-state index contributed by atoms with van der Waals surface area (Å²) in [5.74, 6) is -0.986. The van der Waals surface area contributed by atoms with E-state index >= 15 is 0 Å². The Hall–Kier alpha value is -3.15. The fourth-order valence-corrected chi connectivity index (χ4v) is 3.05. The molecule has 0 saturated carbocycles. The lowest BCUT2D eigenvalue weighted by Crippen LogP contribution is -2.38. The fourth-order valence-electron chi connectivity index (χ4n) is 3.05. The first-order chi connectivity index (χ1) is 13.4. The number of carbonyl (C=O) groups excluding carboxylic acids is 3. The van der Waals surface area contributed by atoms with E-state index in [1.54, 1.807) is 37.3 Å². The molecule has 28 heavy (non-hydrogen) atoms. The molecule has 0 aliphatic carbocycles. The number of fused-ring (bicyclic) bond motifs is 1. The third-order valence-corrected chi connectivity index (χ3v) is 4.63. The molecule has 2 aromatic rings. The van der Waals surface area contributed by atoms with Gasteiger partial charge in [-0.05, 0) is 54.3 Å². The molecule has 6 nitrogen and oxygen atoms in total. The summed E-state index contributed by atoms with van der Waals surface area (Å²) in [7, 11) is 0. The molecule has 1 aliphatic heterocycles. The lowest BCUT2D eigenvalue weighted by molar-refractivity contribution is -0.125. The fraction of sp³-hybridized carbons (Fsp3) is 0.318. The zero-order valence-electron chi connectivity index (χ0n) is 16.2. The smallest absolute Gasteiger partial charge is 0.339 e. The van der Waals surface area contributed by atoms with E-state index < -0.39 is 23.9 Å². The Morgan fingerprint density at radius 1 is 1.18 bits per heavy atom. The van der Waals surface area contributed by atoms with E-state index in [-0.39, 0.29) is 0 Å². The number of ether oxygens (including phenoxy) is 2. The van der Waals surface area contributed by atoms with Gasteiger partial charge in [-0.15, -0.1) is 0 Å². The number of benzene rings is 2. The highest BCUT2D eigenvalue weighted by atomic mass is 16.5. The summed E-state index contributed by atoms with van der Waals surface area (Å²) in [5, 5.41) is 2.73. The van der Waals surface area contributed by atoms with Gasteiger partial charge in [-0.25, -0.2) is 9.59 Å². The normalized spacial score (nSPS) is 15.6. The van der Waals surface area contributed by atoms with Gasteiger partial charge in [0.1, 0.15) is 0 Å². The zero-order valence-corrected chi connectivity index (χ0v) is 16.2. The maximum absolute atomic E-state index is 12.6. The summed E-state index contributed by atoms with van der Waals surface area (Å²) in [6, 6.07) is 12.0. The van der Waals surface area contributed by atoms with Crippen molar-refractivity contribution in [1.29, 1.82) is 0 Å². The van der Waals surface area contributed by atoms with E-state index in [2.05, 4.69) is 19.2 Å². The van der Waals surface area contributed by atoms with Gasteiger partial charge in [0.05, 0.1) is 17.7 Å². The maximum atomic E-state index is 12.6. The molecule has 1 N–H and O–H groups in total. The summed E-state index contributed by atoms with van der Waals surface area (Å²) in [6.45, 7) is 6.19. The van der Waals surface area contributed by atoms with Gasteiger partial charge in [0, 0.05) is 12.1 Å². The molecule has 3 rings (SSSR count). The van der Waals surface area contributed by atoms with E-state index in [1.807, 2.05) is 12.1 Å². The number of anilines is 1. The lowest BCUT2D eigenvalue weighted by atomic mass is 9.92. The summed E-state index contributed by atoms with van der Waals surface area (Å²) in [6.07, 6.45) is -0.568. The molecule has 0 saturated heterocycles. The molecule has 0 fully saturated rings. The van der Waals surface area contributed by atoms with Crippen LogP contribution < -0.4 is 5.32 Å². The number of amides is 1. The average molecular weight is 381 g/mol. The molecule has 2 aromatic carbocycles. The molecule has 0 spiro atoms. The lowest BCUT2D eigenvalue weighted by Gasteiger charge is -2.24. The monoisotopic (exact) mass is 381 g/mol. The topological polar surface area (TPSA) is 81.7 Å². The highest BCUT2D eigenvalue weighted by molar-refractivity contribution is 6.00. The second kappa shape index (κ2) is 8.25. The van der Waals surface area contributed by atoms with Crippen LogP contribution in [0.1, 0.15) is 58.5 Å². The number of carbonyl (C=O) groups is 3. The molecular weight excluding hydrogens is 358 g/mol. The first-order valence-corrected chi connectivity index (χ1v) is 9.31. The van der Waals surface area contributed by atoms with Gasteiger partial charge >= 0.3 is 11.9 Å². The molecule has 1 amide bonds. The molecule has 146 valence electrons. The minimum atomic E-state index is -0.896.